The van der Waals surface area contributed by atoms with Gasteiger partial charge in [0.15, 0.2) is 0 Å². The van der Waals surface area contributed by atoms with Crippen LogP contribution in [0.25, 0.3) is 0 Å². The van der Waals surface area contributed by atoms with Gasteiger partial charge in [-0.1, -0.05) is 6.07 Å². The maximum atomic E-state index is 12.7. The number of non-ortho nitro benzene ring substituents is 1. The Morgan fingerprint density at radius 2 is 1.66 bits per heavy atom. The fraction of sp³-hybridized carbons (Fsp3) is 0.300. The van der Waals surface area contributed by atoms with E-state index in [9.17, 15) is 28.1 Å². The predicted octanol–water partition coefficient (Wildman–Crippen LogP) is 2.28. The third-order valence-corrected chi connectivity index (χ3v) is 5.96. The third-order valence-electron chi connectivity index (χ3n) is 4.72. The van der Waals surface area contributed by atoms with E-state index in [0.29, 0.717) is 31.7 Å². The van der Waals surface area contributed by atoms with Gasteiger partial charge in [-0.2, -0.15) is 8.42 Å². The van der Waals surface area contributed by atoms with Crippen molar-refractivity contribution in [2.45, 2.75) is 11.8 Å². The number of nitro benzene ring substituents is 1. The molecule has 0 bridgehead atoms. The van der Waals surface area contributed by atoms with Crippen LogP contribution in [0.3, 0.4) is 0 Å². The molecule has 12 heteroatoms. The van der Waals surface area contributed by atoms with E-state index in [1.165, 1.54) is 47.4 Å². The van der Waals surface area contributed by atoms with Gasteiger partial charge >= 0.3 is 16.2 Å². The predicted molar refractivity (Wildman–Crippen MR) is 112 cm³/mol. The highest BCUT2D eigenvalue weighted by Crippen LogP contribution is 2.23. The van der Waals surface area contributed by atoms with Crippen LogP contribution in [-0.2, 0) is 14.9 Å². The first-order valence-electron chi connectivity index (χ1n) is 9.71. The lowest BCUT2D eigenvalue weighted by Gasteiger charge is -2.34. The molecule has 0 spiro atoms. The summed E-state index contributed by atoms with van der Waals surface area (Å²) in [5.74, 6) is -0.304. The molecule has 0 N–H and O–H groups in total. The molecule has 0 aromatic heterocycles. The summed E-state index contributed by atoms with van der Waals surface area (Å²) in [6.07, 6.45) is -0.411. The van der Waals surface area contributed by atoms with E-state index < -0.39 is 21.1 Å². The monoisotopic (exact) mass is 463 g/mol. The molecular weight excluding hydrogens is 442 g/mol. The van der Waals surface area contributed by atoms with E-state index in [0.717, 1.165) is 6.07 Å². The zero-order chi connectivity index (χ0) is 23.3. The molecule has 11 nitrogen and oxygen atoms in total. The van der Waals surface area contributed by atoms with Crippen molar-refractivity contribution in [3.05, 3.63) is 64.2 Å². The van der Waals surface area contributed by atoms with Gasteiger partial charge in [-0.3, -0.25) is 14.9 Å². The van der Waals surface area contributed by atoms with E-state index in [4.69, 9.17) is 8.92 Å². The smallest absolute Gasteiger partial charge is 0.409 e. The first-order chi connectivity index (χ1) is 15.2. The van der Waals surface area contributed by atoms with Crippen LogP contribution in [0.2, 0.25) is 0 Å². The van der Waals surface area contributed by atoms with Crippen LogP contribution in [0.5, 0.6) is 5.75 Å². The SMILES string of the molecule is CCOC(=O)N1CCN(C(=O)c2ccc(OS(=O)(=O)c3cccc([N+](=O)[O-])c3)cc2)CC1. The minimum atomic E-state index is -4.29. The van der Waals surface area contributed by atoms with Crippen LogP contribution >= 0.6 is 0 Å². The Morgan fingerprint density at radius 3 is 2.25 bits per heavy atom. The lowest BCUT2D eigenvalue weighted by Crippen LogP contribution is -2.50. The van der Waals surface area contributed by atoms with Crippen molar-refractivity contribution in [1.82, 2.24) is 9.80 Å². The maximum absolute atomic E-state index is 12.7. The number of nitro groups is 1. The zero-order valence-electron chi connectivity index (χ0n) is 17.2. The van der Waals surface area contributed by atoms with Crippen LogP contribution in [0, 0.1) is 10.1 Å². The van der Waals surface area contributed by atoms with Gasteiger partial charge in [0, 0.05) is 43.9 Å². The van der Waals surface area contributed by atoms with Crippen molar-refractivity contribution < 1.29 is 31.9 Å². The number of nitrogens with zero attached hydrogens (tertiary/aromatic N) is 3. The number of hydrogen-bond acceptors (Lipinski definition) is 8. The molecule has 0 radical (unpaired) electrons. The van der Waals surface area contributed by atoms with Crippen LogP contribution in [0.1, 0.15) is 17.3 Å². The number of piperazine rings is 1. The van der Waals surface area contributed by atoms with Crippen LogP contribution in [0.4, 0.5) is 10.5 Å². The highest BCUT2D eigenvalue weighted by atomic mass is 32.2. The number of ether oxygens (including phenoxy) is 1. The van der Waals surface area contributed by atoms with E-state index >= 15 is 0 Å². The molecule has 1 fully saturated rings. The summed E-state index contributed by atoms with van der Waals surface area (Å²) < 4.78 is 34.8. The van der Waals surface area contributed by atoms with E-state index in [1.807, 2.05) is 0 Å². The molecule has 3 rings (SSSR count). The Bertz CT molecular complexity index is 1110. The topological polar surface area (TPSA) is 136 Å². The van der Waals surface area contributed by atoms with Gasteiger partial charge < -0.3 is 18.7 Å². The van der Waals surface area contributed by atoms with Crippen molar-refractivity contribution in [3.8, 4) is 5.75 Å². The van der Waals surface area contributed by atoms with Crippen molar-refractivity contribution in [3.63, 3.8) is 0 Å². The fourth-order valence-corrected chi connectivity index (χ4v) is 4.04. The highest BCUT2D eigenvalue weighted by Gasteiger charge is 2.26. The summed E-state index contributed by atoms with van der Waals surface area (Å²) in [4.78, 5) is 37.4. The second kappa shape index (κ2) is 9.64. The fourth-order valence-electron chi connectivity index (χ4n) is 3.07. The molecule has 1 saturated heterocycles. The number of carbonyl (C=O) groups is 2. The van der Waals surface area contributed by atoms with Crippen molar-refractivity contribution in [2.75, 3.05) is 32.8 Å². The van der Waals surface area contributed by atoms with Gasteiger partial charge in [-0.05, 0) is 37.3 Å². The number of benzene rings is 2. The highest BCUT2D eigenvalue weighted by molar-refractivity contribution is 7.87. The second-order valence-corrected chi connectivity index (χ2v) is 8.34. The van der Waals surface area contributed by atoms with Crippen molar-refractivity contribution in [1.29, 1.82) is 0 Å². The Hall–Kier alpha value is -3.67. The van der Waals surface area contributed by atoms with E-state index in [1.54, 1.807) is 11.8 Å². The van der Waals surface area contributed by atoms with Gasteiger partial charge in [0.25, 0.3) is 11.6 Å². The zero-order valence-corrected chi connectivity index (χ0v) is 18.0. The van der Waals surface area contributed by atoms with Gasteiger partial charge in [-0.25, -0.2) is 4.79 Å². The quantitative estimate of drug-likeness (QED) is 0.361. The largest absolute Gasteiger partial charge is 0.450 e. The molecule has 0 unspecified atom stereocenters. The van der Waals surface area contributed by atoms with Gasteiger partial charge in [0.2, 0.25) is 0 Å². The summed E-state index contributed by atoms with van der Waals surface area (Å²) in [5, 5.41) is 10.9. The molecule has 1 aliphatic heterocycles. The van der Waals surface area contributed by atoms with Gasteiger partial charge in [0.1, 0.15) is 10.6 Å². The molecule has 2 amide bonds. The van der Waals surface area contributed by atoms with Crippen molar-refractivity contribution in [2.24, 2.45) is 0 Å². The molecule has 0 aliphatic carbocycles. The summed E-state index contributed by atoms with van der Waals surface area (Å²) in [6, 6.07) is 10.0. The molecule has 2 aromatic rings. The molecule has 0 atom stereocenters. The summed E-state index contributed by atoms with van der Waals surface area (Å²) >= 11 is 0. The molecule has 0 saturated carbocycles. The molecule has 32 heavy (non-hydrogen) atoms. The number of carbonyl (C=O) groups excluding carboxylic acids is 2. The van der Waals surface area contributed by atoms with Gasteiger partial charge in [0.05, 0.1) is 11.5 Å². The second-order valence-electron chi connectivity index (χ2n) is 6.79. The number of rotatable bonds is 6. The maximum Gasteiger partial charge on any atom is 0.409 e. The van der Waals surface area contributed by atoms with Crippen LogP contribution in [-0.4, -0.2) is 67.9 Å². The van der Waals surface area contributed by atoms with Gasteiger partial charge in [-0.15, -0.1) is 0 Å². The van der Waals surface area contributed by atoms with E-state index in [-0.39, 0.29) is 28.8 Å². The lowest BCUT2D eigenvalue weighted by molar-refractivity contribution is -0.385. The van der Waals surface area contributed by atoms with Crippen LogP contribution in [0.15, 0.2) is 53.4 Å². The Kier molecular flexibility index (Phi) is 6.93. The molecule has 170 valence electrons. The molecule has 2 aromatic carbocycles. The summed E-state index contributed by atoms with van der Waals surface area (Å²) in [5.41, 5.74) is -0.0478. The average Bonchev–Trinajstić information content (AvgIpc) is 2.79. The van der Waals surface area contributed by atoms with E-state index in [2.05, 4.69) is 0 Å². The summed E-state index contributed by atoms with van der Waals surface area (Å²) in [6.45, 7) is 3.40. The number of amides is 2. The standard InChI is InChI=1S/C20H21N3O8S/c1-2-30-20(25)22-12-10-21(11-13-22)19(24)15-6-8-17(9-7-15)31-32(28,29)18-5-3-4-16(14-18)23(26)27/h3-9,14H,2,10-13H2,1H3. The Labute approximate surface area is 184 Å². The van der Waals surface area contributed by atoms with Crippen LogP contribution < -0.4 is 4.18 Å². The van der Waals surface area contributed by atoms with Crippen molar-refractivity contribution >= 4 is 27.8 Å². The average molecular weight is 463 g/mol. The summed E-state index contributed by atoms with van der Waals surface area (Å²) in [7, 11) is -4.29. The minimum absolute atomic E-state index is 0.0415. The normalized spacial score (nSPS) is 14.0. The molecule has 1 aliphatic rings. The first-order valence-corrected chi connectivity index (χ1v) is 11.1. The lowest BCUT2D eigenvalue weighted by atomic mass is 10.1. The Balaban J connectivity index is 1.64. The number of hydrogen-bond donors (Lipinski definition) is 0. The Morgan fingerprint density at radius 1 is 1.03 bits per heavy atom. The molecule has 1 heterocycles. The third kappa shape index (κ3) is 5.32. The minimum Gasteiger partial charge on any atom is -0.450 e. The molecular formula is C20H21N3O8S. The first kappa shape index (κ1) is 23.0.